The van der Waals surface area contributed by atoms with Crippen molar-refractivity contribution in [3.63, 3.8) is 0 Å². The van der Waals surface area contributed by atoms with Crippen molar-refractivity contribution in [2.24, 2.45) is 0 Å². The minimum Gasteiger partial charge on any atom is -0.399 e. The van der Waals surface area contributed by atoms with Crippen LogP contribution in [0.25, 0.3) is 0 Å². The van der Waals surface area contributed by atoms with Crippen LogP contribution in [0.5, 0.6) is 0 Å². The minimum absolute atomic E-state index is 0.230. The van der Waals surface area contributed by atoms with Crippen molar-refractivity contribution < 1.29 is 5.11 Å². The Bertz CT molecular complexity index is 420. The predicted molar refractivity (Wildman–Crippen MR) is 75.9 cm³/mol. The second-order valence-electron chi connectivity index (χ2n) is 5.50. The quantitative estimate of drug-likeness (QED) is 0.787. The van der Waals surface area contributed by atoms with Crippen molar-refractivity contribution in [1.82, 2.24) is 4.90 Å². The van der Waals surface area contributed by atoms with Crippen molar-refractivity contribution in [2.45, 2.75) is 25.5 Å². The lowest BCUT2D eigenvalue weighted by atomic mass is 10.1. The molecule has 2 unspecified atom stereocenters. The van der Waals surface area contributed by atoms with Crippen LogP contribution in [0.15, 0.2) is 18.2 Å². The third-order valence-corrected chi connectivity index (χ3v) is 3.50. The fourth-order valence-corrected chi connectivity index (χ4v) is 2.78. The molecule has 1 aliphatic heterocycles. The number of anilines is 2. The Kier molecular flexibility index (Phi) is 3.78. The summed E-state index contributed by atoms with van der Waals surface area (Å²) < 4.78 is 0. The number of hydrogen-bond donors (Lipinski definition) is 2. The number of aryl methyl sites for hydroxylation is 1. The van der Waals surface area contributed by atoms with Crippen LogP contribution in [0, 0.1) is 6.92 Å². The molecule has 2 atom stereocenters. The monoisotopic (exact) mass is 249 g/mol. The van der Waals surface area contributed by atoms with Crippen LogP contribution in [0.1, 0.15) is 12.0 Å². The Balaban J connectivity index is 2.24. The highest BCUT2D eigenvalue weighted by atomic mass is 16.3. The number of rotatable bonds is 3. The lowest BCUT2D eigenvalue weighted by Gasteiger charge is -2.30. The Labute approximate surface area is 109 Å². The van der Waals surface area contributed by atoms with Gasteiger partial charge in [0.25, 0.3) is 0 Å². The van der Waals surface area contributed by atoms with Gasteiger partial charge in [-0.2, -0.15) is 0 Å². The van der Waals surface area contributed by atoms with Gasteiger partial charge in [0.1, 0.15) is 0 Å². The van der Waals surface area contributed by atoms with Crippen LogP contribution in [0.2, 0.25) is 0 Å². The van der Waals surface area contributed by atoms with Crippen molar-refractivity contribution in [2.75, 3.05) is 37.8 Å². The average Bonchev–Trinajstić information content (AvgIpc) is 2.58. The largest absolute Gasteiger partial charge is 0.399 e. The van der Waals surface area contributed by atoms with Crippen LogP contribution in [0.3, 0.4) is 0 Å². The number of β-amino-alcohol motifs (C(OH)–C–C–N with tert-alkyl or cyclic N) is 1. The van der Waals surface area contributed by atoms with E-state index in [0.717, 1.165) is 18.7 Å². The van der Waals surface area contributed by atoms with Gasteiger partial charge in [0, 0.05) is 30.5 Å². The van der Waals surface area contributed by atoms with E-state index in [1.165, 1.54) is 11.3 Å². The first kappa shape index (κ1) is 13.2. The maximum Gasteiger partial charge on any atom is 0.0735 e. The van der Waals surface area contributed by atoms with E-state index in [2.05, 4.69) is 36.9 Å². The molecule has 18 heavy (non-hydrogen) atoms. The number of benzene rings is 1. The van der Waals surface area contributed by atoms with E-state index < -0.39 is 0 Å². The predicted octanol–water partition coefficient (Wildman–Crippen LogP) is 1.08. The van der Waals surface area contributed by atoms with Crippen LogP contribution >= 0.6 is 0 Å². The first-order valence-corrected chi connectivity index (χ1v) is 6.43. The Hall–Kier alpha value is -1.26. The number of nitrogen functional groups attached to an aromatic ring is 1. The summed E-state index contributed by atoms with van der Waals surface area (Å²) in [5, 5.41) is 9.90. The van der Waals surface area contributed by atoms with Crippen molar-refractivity contribution in [3.05, 3.63) is 23.8 Å². The number of nitrogens with zero attached hydrogens (tertiary/aromatic N) is 2. The number of aliphatic hydroxyl groups is 1. The summed E-state index contributed by atoms with van der Waals surface area (Å²) in [6.07, 6.45) is 0.606. The zero-order chi connectivity index (χ0) is 13.3. The molecule has 0 radical (unpaired) electrons. The Morgan fingerprint density at radius 2 is 2.17 bits per heavy atom. The molecular weight excluding hydrogens is 226 g/mol. The summed E-state index contributed by atoms with van der Waals surface area (Å²) >= 11 is 0. The standard InChI is InChI=1S/C14H23N3O/c1-10-6-11(15)4-5-14(10)17-9-13(18)7-12(17)8-16(2)3/h4-6,12-13,18H,7-9,15H2,1-3H3. The van der Waals surface area contributed by atoms with Gasteiger partial charge >= 0.3 is 0 Å². The highest BCUT2D eigenvalue weighted by molar-refractivity contribution is 5.60. The molecule has 0 spiro atoms. The van der Waals surface area contributed by atoms with Gasteiger partial charge in [-0.25, -0.2) is 0 Å². The first-order chi connectivity index (χ1) is 8.47. The highest BCUT2D eigenvalue weighted by Gasteiger charge is 2.31. The maximum absolute atomic E-state index is 9.90. The second-order valence-corrected chi connectivity index (χ2v) is 5.50. The molecule has 4 heteroatoms. The fraction of sp³-hybridized carbons (Fsp3) is 0.571. The summed E-state index contributed by atoms with van der Waals surface area (Å²) in [6.45, 7) is 3.74. The molecule has 100 valence electrons. The molecule has 0 amide bonds. The first-order valence-electron chi connectivity index (χ1n) is 6.43. The van der Waals surface area contributed by atoms with Gasteiger partial charge in [-0.15, -0.1) is 0 Å². The molecule has 1 heterocycles. The van der Waals surface area contributed by atoms with E-state index in [0.29, 0.717) is 12.6 Å². The number of likely N-dealkylation sites (N-methyl/N-ethyl adjacent to an activating group) is 1. The molecule has 1 aliphatic rings. The topological polar surface area (TPSA) is 52.7 Å². The van der Waals surface area contributed by atoms with E-state index in [9.17, 15) is 5.11 Å². The van der Waals surface area contributed by atoms with Crippen LogP contribution < -0.4 is 10.6 Å². The number of aliphatic hydroxyl groups excluding tert-OH is 1. The van der Waals surface area contributed by atoms with Crippen molar-refractivity contribution in [3.8, 4) is 0 Å². The van der Waals surface area contributed by atoms with Gasteiger partial charge in [0.15, 0.2) is 0 Å². The third kappa shape index (κ3) is 2.76. The summed E-state index contributed by atoms with van der Waals surface area (Å²) in [4.78, 5) is 4.47. The minimum atomic E-state index is -0.230. The number of hydrogen-bond acceptors (Lipinski definition) is 4. The molecule has 1 saturated heterocycles. The van der Waals surface area contributed by atoms with Gasteiger partial charge in [-0.3, -0.25) is 0 Å². The van der Waals surface area contributed by atoms with E-state index in [1.807, 2.05) is 12.1 Å². The lowest BCUT2D eigenvalue weighted by Crippen LogP contribution is -2.37. The van der Waals surface area contributed by atoms with Gasteiger partial charge in [0.2, 0.25) is 0 Å². The summed E-state index contributed by atoms with van der Waals surface area (Å²) in [6, 6.07) is 6.36. The Morgan fingerprint density at radius 1 is 1.44 bits per heavy atom. The fourth-order valence-electron chi connectivity index (χ4n) is 2.78. The second kappa shape index (κ2) is 5.16. The molecule has 2 rings (SSSR count). The van der Waals surface area contributed by atoms with E-state index in [-0.39, 0.29) is 6.10 Å². The zero-order valence-electron chi connectivity index (χ0n) is 11.4. The third-order valence-electron chi connectivity index (χ3n) is 3.50. The highest BCUT2D eigenvalue weighted by Crippen LogP contribution is 2.30. The Morgan fingerprint density at radius 3 is 2.78 bits per heavy atom. The van der Waals surface area contributed by atoms with Crippen LogP contribution in [-0.4, -0.2) is 49.3 Å². The van der Waals surface area contributed by atoms with E-state index >= 15 is 0 Å². The molecule has 3 N–H and O–H groups in total. The molecule has 0 aliphatic carbocycles. The van der Waals surface area contributed by atoms with Crippen molar-refractivity contribution >= 4 is 11.4 Å². The molecule has 1 aromatic rings. The molecular formula is C14H23N3O. The maximum atomic E-state index is 9.90. The van der Waals surface area contributed by atoms with Gasteiger partial charge in [-0.1, -0.05) is 0 Å². The summed E-state index contributed by atoms with van der Waals surface area (Å²) in [5.41, 5.74) is 8.95. The molecule has 4 nitrogen and oxygen atoms in total. The average molecular weight is 249 g/mol. The number of nitrogens with two attached hydrogens (primary N) is 1. The molecule has 0 bridgehead atoms. The van der Waals surface area contributed by atoms with E-state index in [4.69, 9.17) is 5.73 Å². The van der Waals surface area contributed by atoms with Crippen LogP contribution in [-0.2, 0) is 0 Å². The van der Waals surface area contributed by atoms with Crippen molar-refractivity contribution in [1.29, 1.82) is 0 Å². The molecule has 0 aromatic heterocycles. The zero-order valence-corrected chi connectivity index (χ0v) is 11.4. The summed E-state index contributed by atoms with van der Waals surface area (Å²) in [5.74, 6) is 0. The lowest BCUT2D eigenvalue weighted by molar-refractivity contribution is 0.191. The summed E-state index contributed by atoms with van der Waals surface area (Å²) in [7, 11) is 4.14. The van der Waals surface area contributed by atoms with E-state index in [1.54, 1.807) is 0 Å². The normalized spacial score (nSPS) is 23.9. The van der Waals surface area contributed by atoms with Gasteiger partial charge < -0.3 is 20.6 Å². The SMILES string of the molecule is Cc1cc(N)ccc1N1CC(O)CC1CN(C)C. The van der Waals surface area contributed by atoms with Gasteiger partial charge in [-0.05, 0) is 51.2 Å². The van der Waals surface area contributed by atoms with Gasteiger partial charge in [0.05, 0.1) is 6.10 Å². The molecule has 1 aromatic carbocycles. The van der Waals surface area contributed by atoms with Crippen LogP contribution in [0.4, 0.5) is 11.4 Å². The molecule has 0 saturated carbocycles. The molecule has 1 fully saturated rings. The smallest absolute Gasteiger partial charge is 0.0735 e.